The van der Waals surface area contributed by atoms with E-state index in [-0.39, 0.29) is 43.0 Å². The Kier molecular flexibility index (Phi) is 10.9. The van der Waals surface area contributed by atoms with Crippen LogP contribution in [0.15, 0.2) is 60.9 Å². The number of aromatic amines is 1. The van der Waals surface area contributed by atoms with E-state index in [1.807, 2.05) is 34.9 Å². The molecular formula is C19H20F2I2N2-2. The molecule has 1 N–H and O–H groups in total. The van der Waals surface area contributed by atoms with E-state index < -0.39 is 0 Å². The van der Waals surface area contributed by atoms with Gasteiger partial charge in [-0.15, -0.1) is 0 Å². The van der Waals surface area contributed by atoms with Gasteiger partial charge in [0.2, 0.25) is 0 Å². The van der Waals surface area contributed by atoms with Gasteiger partial charge in [-0.2, -0.15) is 0 Å². The second-order valence-corrected chi connectivity index (χ2v) is 4.84. The van der Waals surface area contributed by atoms with Crippen molar-refractivity contribution in [2.75, 3.05) is 4.93 Å². The Morgan fingerprint density at radius 2 is 1.48 bits per heavy atom. The van der Waals surface area contributed by atoms with Crippen LogP contribution in [0.25, 0.3) is 21.8 Å². The van der Waals surface area contributed by atoms with Crippen LogP contribution in [0.3, 0.4) is 0 Å². The summed E-state index contributed by atoms with van der Waals surface area (Å²) < 4.78 is 27.1. The molecule has 0 aliphatic heterocycles. The third kappa shape index (κ3) is 6.25. The number of halogens is 4. The van der Waals surface area contributed by atoms with Crippen molar-refractivity contribution in [3.05, 3.63) is 80.0 Å². The molecule has 2 nitrogen and oxygen atoms in total. The van der Waals surface area contributed by atoms with Gasteiger partial charge >= 0.3 is 0 Å². The SMILES string of the molecule is CI.Cn1ccc2cc(F)ccc21.Fc1ccc2[nH]ccc2c1.[CH3-].[I-]. The Bertz CT molecular complexity index is 901. The highest BCUT2D eigenvalue weighted by atomic mass is 127. The smallest absolute Gasteiger partial charge is 0.123 e. The maximum absolute atomic E-state index is 12.6. The number of hydrogen-bond acceptors (Lipinski definition) is 0. The summed E-state index contributed by atoms with van der Waals surface area (Å²) >= 11 is 2.15. The van der Waals surface area contributed by atoms with Crippen LogP contribution in [0, 0.1) is 19.1 Å². The van der Waals surface area contributed by atoms with Gasteiger partial charge in [-0.05, 0) is 53.5 Å². The van der Waals surface area contributed by atoms with Gasteiger partial charge < -0.3 is 41.0 Å². The molecule has 136 valence electrons. The van der Waals surface area contributed by atoms with Crippen LogP contribution < -0.4 is 24.0 Å². The van der Waals surface area contributed by atoms with Crippen LogP contribution >= 0.6 is 22.6 Å². The van der Waals surface area contributed by atoms with Gasteiger partial charge in [0, 0.05) is 41.2 Å². The zero-order chi connectivity index (χ0) is 16.8. The lowest BCUT2D eigenvalue weighted by molar-refractivity contribution is -0.00000619. The van der Waals surface area contributed by atoms with E-state index in [4.69, 9.17) is 0 Å². The van der Waals surface area contributed by atoms with Gasteiger partial charge in [-0.1, -0.05) is 22.6 Å². The molecule has 0 fully saturated rings. The largest absolute Gasteiger partial charge is 1.00 e. The predicted molar refractivity (Wildman–Crippen MR) is 107 cm³/mol. The minimum atomic E-state index is -0.188. The van der Waals surface area contributed by atoms with E-state index in [1.54, 1.807) is 18.3 Å². The zero-order valence-corrected chi connectivity index (χ0v) is 18.5. The van der Waals surface area contributed by atoms with Crippen molar-refractivity contribution in [2.45, 2.75) is 0 Å². The first-order chi connectivity index (χ1) is 11.1. The molecule has 0 bridgehead atoms. The molecule has 0 aliphatic carbocycles. The second-order valence-electron chi connectivity index (χ2n) is 4.84. The van der Waals surface area contributed by atoms with Crippen molar-refractivity contribution in [3.8, 4) is 0 Å². The van der Waals surface area contributed by atoms with Crippen LogP contribution in [0.1, 0.15) is 0 Å². The number of H-pyrrole nitrogens is 1. The third-order valence-electron chi connectivity index (χ3n) is 3.36. The summed E-state index contributed by atoms with van der Waals surface area (Å²) in [5.74, 6) is -0.365. The van der Waals surface area contributed by atoms with Crippen molar-refractivity contribution in [2.24, 2.45) is 7.05 Å². The lowest BCUT2D eigenvalue weighted by atomic mass is 10.2. The first-order valence-electron chi connectivity index (χ1n) is 6.94. The first-order valence-corrected chi connectivity index (χ1v) is 9.10. The van der Waals surface area contributed by atoms with E-state index in [1.165, 1.54) is 24.3 Å². The number of fused-ring (bicyclic) bond motifs is 2. The van der Waals surface area contributed by atoms with Crippen molar-refractivity contribution in [1.29, 1.82) is 0 Å². The summed E-state index contributed by atoms with van der Waals surface area (Å²) in [6, 6.07) is 13.2. The molecule has 0 saturated heterocycles. The molecule has 0 unspecified atom stereocenters. The molecular weight excluding hydrogens is 548 g/mol. The van der Waals surface area contributed by atoms with Gasteiger partial charge in [0.25, 0.3) is 0 Å². The summed E-state index contributed by atoms with van der Waals surface area (Å²) in [7, 11) is 1.94. The van der Waals surface area contributed by atoms with E-state index in [0.29, 0.717) is 0 Å². The van der Waals surface area contributed by atoms with E-state index in [0.717, 1.165) is 21.8 Å². The highest BCUT2D eigenvalue weighted by molar-refractivity contribution is 14.1. The number of aromatic nitrogens is 2. The third-order valence-corrected chi connectivity index (χ3v) is 3.36. The molecule has 4 rings (SSSR count). The van der Waals surface area contributed by atoms with Crippen molar-refractivity contribution >= 4 is 44.4 Å². The normalized spacial score (nSPS) is 9.16. The minimum absolute atomic E-state index is 0. The van der Waals surface area contributed by atoms with Gasteiger partial charge in [-0.25, -0.2) is 8.78 Å². The van der Waals surface area contributed by atoms with E-state index in [9.17, 15) is 8.78 Å². The highest BCUT2D eigenvalue weighted by Crippen LogP contribution is 2.15. The number of benzene rings is 2. The Balaban J connectivity index is 0.000000392. The molecule has 2 heterocycles. The number of nitrogens with one attached hydrogen (secondary N) is 1. The topological polar surface area (TPSA) is 20.7 Å². The lowest BCUT2D eigenvalue weighted by Crippen LogP contribution is -3.00. The fraction of sp³-hybridized carbons (Fsp3) is 0.105. The van der Waals surface area contributed by atoms with Crippen molar-refractivity contribution < 1.29 is 32.8 Å². The average Bonchev–Trinajstić information content (AvgIpc) is 3.16. The fourth-order valence-corrected chi connectivity index (χ4v) is 2.28. The molecule has 0 radical (unpaired) electrons. The fourth-order valence-electron chi connectivity index (χ4n) is 2.28. The molecule has 0 saturated carbocycles. The highest BCUT2D eigenvalue weighted by Gasteiger charge is 1.97. The maximum atomic E-state index is 12.6. The molecule has 4 aromatic rings. The van der Waals surface area contributed by atoms with E-state index in [2.05, 4.69) is 27.6 Å². The van der Waals surface area contributed by atoms with Gasteiger partial charge in [0.15, 0.2) is 0 Å². The second kappa shape index (κ2) is 11.5. The van der Waals surface area contributed by atoms with Crippen molar-refractivity contribution in [1.82, 2.24) is 9.55 Å². The molecule has 0 amide bonds. The Morgan fingerprint density at radius 3 is 2.16 bits per heavy atom. The van der Waals surface area contributed by atoms with Crippen LogP contribution in [0.2, 0.25) is 0 Å². The van der Waals surface area contributed by atoms with Gasteiger partial charge in [0.1, 0.15) is 11.6 Å². The van der Waals surface area contributed by atoms with Crippen LogP contribution in [0.5, 0.6) is 0 Å². The van der Waals surface area contributed by atoms with Crippen LogP contribution in [-0.2, 0) is 7.05 Å². The summed E-state index contributed by atoms with van der Waals surface area (Å²) in [6.07, 6.45) is 3.72. The first kappa shape index (κ1) is 23.8. The van der Waals surface area contributed by atoms with E-state index >= 15 is 0 Å². The Morgan fingerprint density at radius 1 is 0.880 bits per heavy atom. The predicted octanol–water partition coefficient (Wildman–Crippen LogP) is 3.13. The lowest BCUT2D eigenvalue weighted by Gasteiger charge is -1.94. The molecule has 0 atom stereocenters. The van der Waals surface area contributed by atoms with Crippen LogP contribution in [0.4, 0.5) is 8.78 Å². The zero-order valence-electron chi connectivity index (χ0n) is 14.2. The Labute approximate surface area is 177 Å². The summed E-state index contributed by atoms with van der Waals surface area (Å²) in [5.41, 5.74) is 2.04. The molecule has 2 aromatic heterocycles. The Hall–Kier alpha value is -1.16. The number of aryl methyl sites for hydroxylation is 1. The summed E-state index contributed by atoms with van der Waals surface area (Å²) in [6.45, 7) is 0. The molecule has 25 heavy (non-hydrogen) atoms. The number of alkyl halides is 1. The van der Waals surface area contributed by atoms with Gasteiger partial charge in [0.05, 0.1) is 0 Å². The van der Waals surface area contributed by atoms with Crippen LogP contribution in [-0.4, -0.2) is 14.5 Å². The molecule has 2 aromatic carbocycles. The average molecular weight is 568 g/mol. The number of nitrogens with zero attached hydrogens (tertiary/aromatic N) is 1. The molecule has 6 heteroatoms. The number of hydrogen-bond donors (Lipinski definition) is 1. The quantitative estimate of drug-likeness (QED) is 0.192. The maximum Gasteiger partial charge on any atom is 0.123 e. The van der Waals surface area contributed by atoms with Crippen molar-refractivity contribution in [3.63, 3.8) is 0 Å². The standard InChI is InChI=1S/C9H8FN.C8H6FN.CH3I.CH3.HI/c1-11-5-4-7-6-8(10)2-3-9(7)11;9-7-1-2-8-6(5-7)3-4-10-8;1-2;;/h2-6H,1H3;1-5,10H;1H3;1H3;1H/q;;;-1;/p-1. The monoisotopic (exact) mass is 568 g/mol. The minimum Gasteiger partial charge on any atom is -1.00 e. The summed E-state index contributed by atoms with van der Waals surface area (Å²) in [4.78, 5) is 4.95. The molecule has 0 aliphatic rings. The molecule has 0 spiro atoms. The number of rotatable bonds is 0. The van der Waals surface area contributed by atoms with Gasteiger partial charge in [-0.3, -0.25) is 0 Å². The summed E-state index contributed by atoms with van der Waals surface area (Å²) in [5, 5.41) is 1.87.